The van der Waals surface area contributed by atoms with E-state index in [0.29, 0.717) is 13.1 Å². The van der Waals surface area contributed by atoms with Crippen molar-refractivity contribution in [2.24, 2.45) is 0 Å². The highest BCUT2D eigenvalue weighted by atomic mass is 19.1. The maximum Gasteiger partial charge on any atom is 0.246 e. The number of carbonyl (C=O) groups is 1. The molecule has 1 aromatic rings. The summed E-state index contributed by atoms with van der Waals surface area (Å²) in [6.07, 6.45) is 5.02. The molecular weight excluding hydrogens is 229 g/mol. The third kappa shape index (κ3) is 2.78. The highest BCUT2D eigenvalue weighted by molar-refractivity contribution is 5.87. The first kappa shape index (κ1) is 12.8. The highest BCUT2D eigenvalue weighted by Crippen LogP contribution is 2.29. The Kier molecular flexibility index (Phi) is 4.13. The van der Waals surface area contributed by atoms with E-state index in [1.165, 1.54) is 6.07 Å². The molecule has 2 nitrogen and oxygen atoms in total. The lowest BCUT2D eigenvalue weighted by molar-refractivity contribution is -0.127. The Morgan fingerprint density at radius 1 is 1.33 bits per heavy atom. The second kappa shape index (κ2) is 5.80. The lowest BCUT2D eigenvalue weighted by Gasteiger charge is -2.31. The quantitative estimate of drug-likeness (QED) is 0.735. The van der Waals surface area contributed by atoms with Gasteiger partial charge < -0.3 is 4.90 Å². The van der Waals surface area contributed by atoms with Gasteiger partial charge in [-0.25, -0.2) is 4.39 Å². The minimum atomic E-state index is -0.129. The second-order valence-corrected chi connectivity index (χ2v) is 4.62. The number of halogens is 1. The molecule has 0 radical (unpaired) electrons. The average Bonchev–Trinajstić information content (AvgIpc) is 2.40. The number of piperidine rings is 1. The van der Waals surface area contributed by atoms with E-state index in [0.717, 1.165) is 18.4 Å². The van der Waals surface area contributed by atoms with E-state index < -0.39 is 0 Å². The Bertz CT molecular complexity index is 448. The van der Waals surface area contributed by atoms with Gasteiger partial charge >= 0.3 is 0 Å². The molecule has 1 aliphatic heterocycles. The van der Waals surface area contributed by atoms with E-state index in [-0.39, 0.29) is 17.6 Å². The molecule has 0 N–H and O–H groups in total. The van der Waals surface area contributed by atoms with Gasteiger partial charge in [0.05, 0.1) is 0 Å². The summed E-state index contributed by atoms with van der Waals surface area (Å²) in [5, 5.41) is 0. The van der Waals surface area contributed by atoms with Gasteiger partial charge in [-0.05, 0) is 43.4 Å². The molecule has 1 aliphatic rings. The molecule has 1 saturated heterocycles. The van der Waals surface area contributed by atoms with Gasteiger partial charge in [-0.15, -0.1) is 0 Å². The molecule has 0 aromatic heterocycles. The van der Waals surface area contributed by atoms with Crippen molar-refractivity contribution in [2.75, 3.05) is 13.1 Å². The lowest BCUT2D eigenvalue weighted by Crippen LogP contribution is -2.37. The summed E-state index contributed by atoms with van der Waals surface area (Å²) < 4.78 is 13.7. The minimum absolute atomic E-state index is 0.0597. The van der Waals surface area contributed by atoms with Crippen molar-refractivity contribution in [1.29, 1.82) is 0 Å². The van der Waals surface area contributed by atoms with Crippen LogP contribution in [-0.2, 0) is 4.79 Å². The zero-order valence-electron chi connectivity index (χ0n) is 10.6. The molecule has 1 fully saturated rings. The summed E-state index contributed by atoms with van der Waals surface area (Å²) in [6.45, 7) is 3.26. The maximum absolute atomic E-state index is 13.7. The van der Waals surface area contributed by atoms with Crippen molar-refractivity contribution in [3.8, 4) is 0 Å². The third-order valence-electron chi connectivity index (χ3n) is 3.46. The number of likely N-dealkylation sites (tertiary alicyclic amines) is 1. The predicted molar refractivity (Wildman–Crippen MR) is 69.8 cm³/mol. The Balaban J connectivity index is 1.99. The summed E-state index contributed by atoms with van der Waals surface area (Å²) in [6, 6.07) is 6.94. The van der Waals surface area contributed by atoms with Crippen LogP contribution >= 0.6 is 0 Å². The van der Waals surface area contributed by atoms with Crippen LogP contribution in [0.4, 0.5) is 4.39 Å². The first-order valence-corrected chi connectivity index (χ1v) is 6.38. The van der Waals surface area contributed by atoms with Crippen molar-refractivity contribution in [3.63, 3.8) is 0 Å². The minimum Gasteiger partial charge on any atom is -0.339 e. The molecule has 0 spiro atoms. The molecule has 2 rings (SSSR count). The normalized spacial score (nSPS) is 17.3. The van der Waals surface area contributed by atoms with Crippen LogP contribution in [0.3, 0.4) is 0 Å². The van der Waals surface area contributed by atoms with E-state index >= 15 is 0 Å². The van der Waals surface area contributed by atoms with Crippen LogP contribution in [0.5, 0.6) is 0 Å². The summed E-state index contributed by atoms with van der Waals surface area (Å²) >= 11 is 0. The Labute approximate surface area is 107 Å². The monoisotopic (exact) mass is 247 g/mol. The van der Waals surface area contributed by atoms with Crippen molar-refractivity contribution in [3.05, 3.63) is 47.8 Å². The number of hydrogen-bond acceptors (Lipinski definition) is 1. The molecule has 18 heavy (non-hydrogen) atoms. The first-order chi connectivity index (χ1) is 8.72. The molecule has 0 atom stereocenters. The van der Waals surface area contributed by atoms with Gasteiger partial charge in [0.25, 0.3) is 0 Å². The Morgan fingerprint density at radius 2 is 2.00 bits per heavy atom. The summed E-state index contributed by atoms with van der Waals surface area (Å²) in [7, 11) is 0. The molecule has 0 bridgehead atoms. The molecule has 1 aromatic carbocycles. The van der Waals surface area contributed by atoms with E-state index in [1.54, 1.807) is 18.2 Å². The van der Waals surface area contributed by atoms with E-state index in [4.69, 9.17) is 0 Å². The van der Waals surface area contributed by atoms with Gasteiger partial charge in [0, 0.05) is 13.1 Å². The van der Waals surface area contributed by atoms with Gasteiger partial charge in [0.2, 0.25) is 5.91 Å². The second-order valence-electron chi connectivity index (χ2n) is 4.62. The molecule has 1 amide bonds. The molecule has 1 heterocycles. The third-order valence-corrected chi connectivity index (χ3v) is 3.46. The highest BCUT2D eigenvalue weighted by Gasteiger charge is 2.24. The topological polar surface area (TPSA) is 20.3 Å². The van der Waals surface area contributed by atoms with Crippen LogP contribution in [0.15, 0.2) is 36.4 Å². The predicted octanol–water partition coefficient (Wildman–Crippen LogP) is 3.11. The number of carbonyl (C=O) groups excluding carboxylic acids is 1. The fraction of sp³-hybridized carbons (Fsp3) is 0.400. The number of nitrogens with zero attached hydrogens (tertiary/aromatic N) is 1. The lowest BCUT2D eigenvalue weighted by atomic mass is 9.89. The SMILES string of the molecule is C/C=C/C(=O)N1CCC(c2ccccc2F)CC1. The van der Waals surface area contributed by atoms with Crippen LogP contribution in [0.25, 0.3) is 0 Å². The van der Waals surface area contributed by atoms with Gasteiger partial charge in [-0.1, -0.05) is 24.3 Å². The summed E-state index contributed by atoms with van der Waals surface area (Å²) in [5.41, 5.74) is 0.788. The standard InChI is InChI=1S/C15H18FNO/c1-2-5-15(18)17-10-8-12(9-11-17)13-6-3-4-7-14(13)16/h2-7,12H,8-11H2,1H3/b5-2+. The molecule has 0 unspecified atom stereocenters. The summed E-state index contributed by atoms with van der Waals surface area (Å²) in [5.74, 6) is 0.168. The Hall–Kier alpha value is -1.64. The van der Waals surface area contributed by atoms with Crippen LogP contribution < -0.4 is 0 Å². The number of rotatable bonds is 2. The van der Waals surface area contributed by atoms with Crippen molar-refractivity contribution < 1.29 is 9.18 Å². The fourth-order valence-corrected chi connectivity index (χ4v) is 2.47. The molecular formula is C15H18FNO. The van der Waals surface area contributed by atoms with Crippen LogP contribution in [0.1, 0.15) is 31.2 Å². The van der Waals surface area contributed by atoms with Crippen molar-refractivity contribution in [2.45, 2.75) is 25.7 Å². The fourth-order valence-electron chi connectivity index (χ4n) is 2.47. The Morgan fingerprint density at radius 3 is 2.61 bits per heavy atom. The summed E-state index contributed by atoms with van der Waals surface area (Å²) in [4.78, 5) is 13.5. The van der Waals surface area contributed by atoms with Gasteiger partial charge in [-0.3, -0.25) is 4.79 Å². The smallest absolute Gasteiger partial charge is 0.246 e. The van der Waals surface area contributed by atoms with E-state index in [1.807, 2.05) is 24.0 Å². The van der Waals surface area contributed by atoms with Gasteiger partial charge in [0.15, 0.2) is 0 Å². The van der Waals surface area contributed by atoms with Crippen LogP contribution in [0, 0.1) is 5.82 Å². The number of allylic oxidation sites excluding steroid dienone is 1. The van der Waals surface area contributed by atoms with Crippen molar-refractivity contribution >= 4 is 5.91 Å². The van der Waals surface area contributed by atoms with E-state index in [2.05, 4.69) is 0 Å². The van der Waals surface area contributed by atoms with E-state index in [9.17, 15) is 9.18 Å². The van der Waals surface area contributed by atoms with Gasteiger partial charge in [-0.2, -0.15) is 0 Å². The maximum atomic E-state index is 13.7. The van der Waals surface area contributed by atoms with Crippen LogP contribution in [0.2, 0.25) is 0 Å². The average molecular weight is 247 g/mol. The zero-order valence-corrected chi connectivity index (χ0v) is 10.6. The number of hydrogen-bond donors (Lipinski definition) is 0. The first-order valence-electron chi connectivity index (χ1n) is 6.38. The zero-order chi connectivity index (χ0) is 13.0. The molecule has 3 heteroatoms. The molecule has 0 aliphatic carbocycles. The molecule has 0 saturated carbocycles. The van der Waals surface area contributed by atoms with Gasteiger partial charge in [0.1, 0.15) is 5.82 Å². The number of amides is 1. The molecule has 96 valence electrons. The van der Waals surface area contributed by atoms with Crippen molar-refractivity contribution in [1.82, 2.24) is 4.90 Å². The van der Waals surface area contributed by atoms with Crippen LogP contribution in [-0.4, -0.2) is 23.9 Å². The largest absolute Gasteiger partial charge is 0.339 e. The number of benzene rings is 1.